The molecule has 2 aromatic carbocycles. The Kier molecular flexibility index (Phi) is 4.53. The fourth-order valence-corrected chi connectivity index (χ4v) is 4.67. The minimum absolute atomic E-state index is 0.173. The third kappa shape index (κ3) is 3.26. The lowest BCUT2D eigenvalue weighted by molar-refractivity contribution is 0.185. The first-order valence-corrected chi connectivity index (χ1v) is 10.3. The quantitative estimate of drug-likeness (QED) is 0.841. The Bertz CT molecular complexity index is 990. The van der Waals surface area contributed by atoms with Gasteiger partial charge >= 0.3 is 6.03 Å². The third-order valence-corrected chi connectivity index (χ3v) is 6.57. The average molecular weight is 387 g/mol. The highest BCUT2D eigenvalue weighted by Crippen LogP contribution is 2.32. The first kappa shape index (κ1) is 17.8. The highest BCUT2D eigenvalue weighted by atomic mass is 32.2. The summed E-state index contributed by atoms with van der Waals surface area (Å²) in [4.78, 5) is 14.7. The van der Waals surface area contributed by atoms with Crippen molar-refractivity contribution < 1.29 is 17.9 Å². The van der Waals surface area contributed by atoms with E-state index in [4.69, 9.17) is 4.74 Å². The molecule has 2 aromatic rings. The van der Waals surface area contributed by atoms with Crippen molar-refractivity contribution >= 4 is 16.1 Å². The molecule has 0 aliphatic carbocycles. The summed E-state index contributed by atoms with van der Waals surface area (Å²) in [5, 5.41) is 3.02. The summed E-state index contributed by atoms with van der Waals surface area (Å²) in [5.41, 5.74) is 2.62. The van der Waals surface area contributed by atoms with Crippen molar-refractivity contribution in [3.8, 4) is 5.75 Å². The number of hydrogen-bond donors (Lipinski definition) is 2. The molecule has 2 heterocycles. The van der Waals surface area contributed by atoms with Crippen molar-refractivity contribution in [1.29, 1.82) is 0 Å². The highest BCUT2D eigenvalue weighted by Gasteiger charge is 2.30. The molecule has 0 fully saturated rings. The number of sulfonamides is 1. The largest absolute Gasteiger partial charge is 0.491 e. The van der Waals surface area contributed by atoms with Gasteiger partial charge < -0.3 is 15.0 Å². The summed E-state index contributed by atoms with van der Waals surface area (Å²) >= 11 is 0. The van der Waals surface area contributed by atoms with E-state index >= 15 is 0 Å². The average Bonchev–Trinajstić information content (AvgIpc) is 3.10. The van der Waals surface area contributed by atoms with E-state index in [1.165, 1.54) is 7.05 Å². The Morgan fingerprint density at radius 2 is 2.00 bits per heavy atom. The number of ether oxygens (including phenoxy) is 1. The van der Waals surface area contributed by atoms with Crippen molar-refractivity contribution in [2.45, 2.75) is 23.9 Å². The van der Waals surface area contributed by atoms with Gasteiger partial charge in [0, 0.05) is 18.7 Å². The molecule has 27 heavy (non-hydrogen) atoms. The van der Waals surface area contributed by atoms with Gasteiger partial charge in [0.25, 0.3) is 0 Å². The van der Waals surface area contributed by atoms with Crippen molar-refractivity contribution in [1.82, 2.24) is 14.9 Å². The summed E-state index contributed by atoms with van der Waals surface area (Å²) in [6.07, 6.45) is 0.498. The van der Waals surface area contributed by atoms with E-state index < -0.39 is 10.0 Å². The number of fused-ring (bicyclic) bond motifs is 2. The molecule has 0 aromatic heterocycles. The number of benzene rings is 2. The lowest BCUT2D eigenvalue weighted by Gasteiger charge is -2.31. The molecule has 8 heteroatoms. The molecule has 142 valence electrons. The molecule has 1 unspecified atom stereocenters. The second kappa shape index (κ2) is 6.86. The Morgan fingerprint density at radius 1 is 1.19 bits per heavy atom. The zero-order valence-electron chi connectivity index (χ0n) is 14.9. The lowest BCUT2D eigenvalue weighted by Crippen LogP contribution is -2.44. The second-order valence-corrected chi connectivity index (χ2v) is 8.48. The first-order chi connectivity index (χ1) is 13.0. The topological polar surface area (TPSA) is 87.7 Å². The van der Waals surface area contributed by atoms with Crippen molar-refractivity contribution in [2.75, 3.05) is 20.2 Å². The van der Waals surface area contributed by atoms with Crippen LogP contribution in [-0.4, -0.2) is 39.5 Å². The highest BCUT2D eigenvalue weighted by molar-refractivity contribution is 7.89. The Labute approximate surface area is 158 Å². The van der Waals surface area contributed by atoms with E-state index in [2.05, 4.69) is 10.0 Å². The molecule has 2 N–H and O–H groups in total. The van der Waals surface area contributed by atoms with Gasteiger partial charge in [-0.2, -0.15) is 0 Å². The summed E-state index contributed by atoms with van der Waals surface area (Å²) < 4.78 is 32.4. The van der Waals surface area contributed by atoms with Crippen LogP contribution < -0.4 is 14.8 Å². The Balaban J connectivity index is 1.51. The van der Waals surface area contributed by atoms with Crippen LogP contribution in [0.2, 0.25) is 0 Å². The standard InChI is InChI=1S/C19H21N3O4S/c1-20-27(24,25)18-8-4-5-13-11-22(10-9-14(13)18)19(23)21-16-12-26-17-7-3-2-6-15(16)17/h2-8,16,20H,9-12H2,1H3,(H,21,23). The number of carbonyl (C=O) groups excluding carboxylic acids is 1. The van der Waals surface area contributed by atoms with Crippen LogP contribution >= 0.6 is 0 Å². The maximum atomic E-state index is 12.7. The van der Waals surface area contributed by atoms with Crippen LogP contribution in [0.5, 0.6) is 5.75 Å². The minimum atomic E-state index is -3.52. The maximum Gasteiger partial charge on any atom is 0.318 e. The number of nitrogens with one attached hydrogen (secondary N) is 2. The molecule has 2 aliphatic rings. The van der Waals surface area contributed by atoms with E-state index in [0.29, 0.717) is 31.0 Å². The van der Waals surface area contributed by atoms with Crippen LogP contribution in [0, 0.1) is 0 Å². The second-order valence-electron chi connectivity index (χ2n) is 6.62. The van der Waals surface area contributed by atoms with Crippen LogP contribution in [0.25, 0.3) is 0 Å². The lowest BCUT2D eigenvalue weighted by atomic mass is 10.00. The van der Waals surface area contributed by atoms with Crippen LogP contribution in [0.3, 0.4) is 0 Å². The van der Waals surface area contributed by atoms with Crippen LogP contribution in [0.4, 0.5) is 4.79 Å². The molecular formula is C19H21N3O4S. The smallest absolute Gasteiger partial charge is 0.318 e. The van der Waals surface area contributed by atoms with Gasteiger partial charge in [-0.05, 0) is 36.7 Å². The van der Waals surface area contributed by atoms with E-state index in [1.807, 2.05) is 30.3 Å². The van der Waals surface area contributed by atoms with E-state index in [1.54, 1.807) is 17.0 Å². The molecule has 0 saturated heterocycles. The maximum absolute atomic E-state index is 12.7. The Morgan fingerprint density at radius 3 is 2.81 bits per heavy atom. The SMILES string of the molecule is CNS(=O)(=O)c1cccc2c1CCN(C(=O)NC1COc3ccccc31)C2. The zero-order chi connectivity index (χ0) is 19.0. The number of urea groups is 1. The summed E-state index contributed by atoms with van der Waals surface area (Å²) in [6, 6.07) is 12.5. The minimum Gasteiger partial charge on any atom is -0.491 e. The molecule has 0 radical (unpaired) electrons. The predicted octanol–water partition coefficient (Wildman–Crippen LogP) is 1.80. The summed E-state index contributed by atoms with van der Waals surface area (Å²) in [6.45, 7) is 1.26. The fourth-order valence-electron chi connectivity index (χ4n) is 3.63. The summed E-state index contributed by atoms with van der Waals surface area (Å²) in [5.74, 6) is 0.800. The van der Waals surface area contributed by atoms with E-state index in [-0.39, 0.29) is 12.1 Å². The normalized spacial score (nSPS) is 18.4. The van der Waals surface area contributed by atoms with Crippen molar-refractivity contribution in [3.63, 3.8) is 0 Å². The van der Waals surface area contributed by atoms with E-state index in [0.717, 1.165) is 22.4 Å². The van der Waals surface area contributed by atoms with Crippen molar-refractivity contribution in [2.24, 2.45) is 0 Å². The van der Waals surface area contributed by atoms with Crippen LogP contribution in [0.15, 0.2) is 47.4 Å². The van der Waals surface area contributed by atoms with Gasteiger partial charge in [-0.3, -0.25) is 0 Å². The van der Waals surface area contributed by atoms with Gasteiger partial charge in [0.2, 0.25) is 10.0 Å². The number of carbonyl (C=O) groups is 1. The van der Waals surface area contributed by atoms with Crippen LogP contribution in [-0.2, 0) is 23.0 Å². The molecule has 0 bridgehead atoms. The molecule has 2 amide bonds. The summed E-state index contributed by atoms with van der Waals surface area (Å²) in [7, 11) is -2.11. The number of rotatable bonds is 3. The molecular weight excluding hydrogens is 366 g/mol. The fraction of sp³-hybridized carbons (Fsp3) is 0.316. The number of hydrogen-bond acceptors (Lipinski definition) is 4. The first-order valence-electron chi connectivity index (χ1n) is 8.81. The van der Waals surface area contributed by atoms with Gasteiger partial charge in [-0.15, -0.1) is 0 Å². The predicted molar refractivity (Wildman–Crippen MR) is 100 cm³/mol. The van der Waals surface area contributed by atoms with Gasteiger partial charge in [-0.1, -0.05) is 30.3 Å². The van der Waals surface area contributed by atoms with Gasteiger partial charge in [0.1, 0.15) is 12.4 Å². The van der Waals surface area contributed by atoms with Gasteiger partial charge in [0.05, 0.1) is 10.9 Å². The molecule has 7 nitrogen and oxygen atoms in total. The van der Waals surface area contributed by atoms with Crippen LogP contribution in [0.1, 0.15) is 22.7 Å². The number of para-hydroxylation sites is 1. The van der Waals surface area contributed by atoms with Gasteiger partial charge in [-0.25, -0.2) is 17.9 Å². The molecule has 1 atom stereocenters. The Hall–Kier alpha value is -2.58. The van der Waals surface area contributed by atoms with Gasteiger partial charge in [0.15, 0.2) is 0 Å². The number of amides is 2. The van der Waals surface area contributed by atoms with E-state index in [9.17, 15) is 13.2 Å². The molecule has 0 saturated carbocycles. The monoisotopic (exact) mass is 387 g/mol. The zero-order valence-corrected chi connectivity index (χ0v) is 15.8. The molecule has 0 spiro atoms. The molecule has 4 rings (SSSR count). The van der Waals surface area contributed by atoms with Crippen molar-refractivity contribution in [3.05, 3.63) is 59.2 Å². The number of nitrogens with zero attached hydrogens (tertiary/aromatic N) is 1. The third-order valence-electron chi connectivity index (χ3n) is 5.07. The molecule has 2 aliphatic heterocycles.